The number of nitrogens with one attached hydrogen (secondary N) is 1. The third-order valence-corrected chi connectivity index (χ3v) is 4.83. The molecule has 0 aliphatic carbocycles. The van der Waals surface area contributed by atoms with Crippen LogP contribution in [-0.4, -0.2) is 11.5 Å². The maximum atomic E-state index is 6.16. The quantitative estimate of drug-likeness (QED) is 0.878. The molecule has 0 saturated carbocycles. The number of thiazole rings is 1. The Morgan fingerprint density at radius 1 is 1.50 bits per heavy atom. The number of aromatic nitrogens is 1. The van der Waals surface area contributed by atoms with Crippen LogP contribution >= 0.6 is 38.9 Å². The topological polar surface area (TPSA) is 24.9 Å². The number of aryl methyl sites for hydroxylation is 1. The molecule has 18 heavy (non-hydrogen) atoms. The molecule has 0 aliphatic rings. The van der Waals surface area contributed by atoms with E-state index < -0.39 is 0 Å². The molecule has 0 amide bonds. The molecule has 1 unspecified atom stereocenters. The lowest BCUT2D eigenvalue weighted by Crippen LogP contribution is -2.21. The van der Waals surface area contributed by atoms with Gasteiger partial charge in [-0.05, 0) is 47.1 Å². The van der Waals surface area contributed by atoms with Crippen molar-refractivity contribution in [3.05, 3.63) is 49.3 Å². The zero-order valence-corrected chi connectivity index (χ0v) is 13.4. The van der Waals surface area contributed by atoms with Gasteiger partial charge in [0.15, 0.2) is 0 Å². The van der Waals surface area contributed by atoms with Crippen LogP contribution in [0.25, 0.3) is 0 Å². The minimum atomic E-state index is 0.110. The average molecular weight is 346 g/mol. The molecule has 1 aromatic carbocycles. The van der Waals surface area contributed by atoms with Crippen molar-refractivity contribution in [3.63, 3.8) is 0 Å². The van der Waals surface area contributed by atoms with Gasteiger partial charge in [-0.3, -0.25) is 0 Å². The van der Waals surface area contributed by atoms with Crippen molar-refractivity contribution in [2.75, 3.05) is 6.54 Å². The molecule has 5 heteroatoms. The highest BCUT2D eigenvalue weighted by Gasteiger charge is 2.17. The first kappa shape index (κ1) is 14.0. The van der Waals surface area contributed by atoms with Crippen LogP contribution < -0.4 is 5.32 Å². The van der Waals surface area contributed by atoms with E-state index in [0.717, 1.165) is 32.3 Å². The largest absolute Gasteiger partial charge is 0.305 e. The first-order valence-electron chi connectivity index (χ1n) is 5.72. The second-order valence-electron chi connectivity index (χ2n) is 3.99. The summed E-state index contributed by atoms with van der Waals surface area (Å²) >= 11 is 11.2. The normalized spacial score (nSPS) is 12.7. The van der Waals surface area contributed by atoms with Crippen LogP contribution in [-0.2, 0) is 0 Å². The Labute approximate surface area is 125 Å². The van der Waals surface area contributed by atoms with Crippen molar-refractivity contribution in [3.8, 4) is 0 Å². The minimum absolute atomic E-state index is 0.110. The third kappa shape index (κ3) is 3.12. The molecule has 0 fully saturated rings. The lowest BCUT2D eigenvalue weighted by molar-refractivity contribution is 0.626. The minimum Gasteiger partial charge on any atom is -0.305 e. The fourth-order valence-electron chi connectivity index (χ4n) is 1.75. The summed E-state index contributed by atoms with van der Waals surface area (Å²) in [5, 5.41) is 7.32. The van der Waals surface area contributed by atoms with Gasteiger partial charge in [0.25, 0.3) is 0 Å². The van der Waals surface area contributed by atoms with Gasteiger partial charge in [-0.2, -0.15) is 0 Å². The summed E-state index contributed by atoms with van der Waals surface area (Å²) in [6, 6.07) is 6.14. The van der Waals surface area contributed by atoms with Crippen molar-refractivity contribution in [2.45, 2.75) is 19.9 Å². The van der Waals surface area contributed by atoms with E-state index in [1.807, 2.05) is 19.1 Å². The monoisotopic (exact) mass is 344 g/mol. The number of rotatable bonds is 4. The summed E-state index contributed by atoms with van der Waals surface area (Å²) in [7, 11) is 0. The standard InChI is InChI=1S/C13H14BrClN2S/c1-3-16-12(13-17-8(2)7-18-13)9-4-5-10(14)11(15)6-9/h4-7,12,16H,3H2,1-2H3. The Bertz CT molecular complexity index is 542. The van der Waals surface area contributed by atoms with Crippen LogP contribution in [0.4, 0.5) is 0 Å². The highest BCUT2D eigenvalue weighted by molar-refractivity contribution is 9.10. The molecular weight excluding hydrogens is 332 g/mol. The van der Waals surface area contributed by atoms with E-state index in [1.165, 1.54) is 0 Å². The van der Waals surface area contributed by atoms with E-state index in [4.69, 9.17) is 11.6 Å². The van der Waals surface area contributed by atoms with Gasteiger partial charge >= 0.3 is 0 Å². The highest BCUT2D eigenvalue weighted by Crippen LogP contribution is 2.30. The van der Waals surface area contributed by atoms with Crippen LogP contribution in [0.5, 0.6) is 0 Å². The second kappa shape index (κ2) is 6.15. The summed E-state index contributed by atoms with van der Waals surface area (Å²) in [5.74, 6) is 0. The Morgan fingerprint density at radius 3 is 2.83 bits per heavy atom. The molecule has 1 N–H and O–H groups in total. The molecule has 0 radical (unpaired) electrons. The number of benzene rings is 1. The zero-order chi connectivity index (χ0) is 13.1. The van der Waals surface area contributed by atoms with Crippen LogP contribution in [0.15, 0.2) is 28.1 Å². The average Bonchev–Trinajstić information content (AvgIpc) is 2.76. The number of nitrogens with zero attached hydrogens (tertiary/aromatic N) is 1. The molecular formula is C13H14BrClN2S. The van der Waals surface area contributed by atoms with Crippen molar-refractivity contribution in [1.82, 2.24) is 10.3 Å². The van der Waals surface area contributed by atoms with Gasteiger partial charge in [0, 0.05) is 15.5 Å². The van der Waals surface area contributed by atoms with E-state index in [1.54, 1.807) is 11.3 Å². The lowest BCUT2D eigenvalue weighted by Gasteiger charge is -2.16. The first-order valence-corrected chi connectivity index (χ1v) is 7.77. The fraction of sp³-hybridized carbons (Fsp3) is 0.308. The summed E-state index contributed by atoms with van der Waals surface area (Å²) in [5.41, 5.74) is 2.19. The summed E-state index contributed by atoms with van der Waals surface area (Å²) < 4.78 is 0.915. The van der Waals surface area contributed by atoms with Gasteiger partial charge in [0.05, 0.1) is 11.1 Å². The van der Waals surface area contributed by atoms with E-state index in [2.05, 4.69) is 44.6 Å². The molecule has 0 bridgehead atoms. The van der Waals surface area contributed by atoms with Crippen LogP contribution in [0, 0.1) is 6.92 Å². The zero-order valence-electron chi connectivity index (χ0n) is 10.2. The van der Waals surface area contributed by atoms with Gasteiger partial charge < -0.3 is 5.32 Å². The first-order chi connectivity index (χ1) is 8.61. The lowest BCUT2D eigenvalue weighted by atomic mass is 10.1. The van der Waals surface area contributed by atoms with Crippen LogP contribution in [0.2, 0.25) is 5.02 Å². The SMILES string of the molecule is CCNC(c1ccc(Br)c(Cl)c1)c1nc(C)cs1. The molecule has 96 valence electrons. The molecule has 1 aromatic heterocycles. The van der Waals surface area contributed by atoms with E-state index in [-0.39, 0.29) is 6.04 Å². The summed E-state index contributed by atoms with van der Waals surface area (Å²) in [6.07, 6.45) is 0. The molecule has 2 aromatic rings. The van der Waals surface area contributed by atoms with E-state index in [9.17, 15) is 0 Å². The van der Waals surface area contributed by atoms with Crippen LogP contribution in [0.1, 0.15) is 29.2 Å². The van der Waals surface area contributed by atoms with E-state index in [0.29, 0.717) is 0 Å². The fourth-order valence-corrected chi connectivity index (χ4v) is 3.08. The third-order valence-electron chi connectivity index (χ3n) is 2.57. The number of hydrogen-bond donors (Lipinski definition) is 1. The highest BCUT2D eigenvalue weighted by atomic mass is 79.9. The van der Waals surface area contributed by atoms with Gasteiger partial charge in [-0.1, -0.05) is 24.6 Å². The molecule has 2 rings (SSSR count). The Hall–Kier alpha value is -0.420. The molecule has 2 nitrogen and oxygen atoms in total. The predicted octanol–water partition coefficient (Wildman–Crippen LogP) is 4.57. The molecule has 0 spiro atoms. The molecule has 0 aliphatic heterocycles. The Kier molecular flexibility index (Phi) is 4.78. The van der Waals surface area contributed by atoms with Crippen molar-refractivity contribution in [1.29, 1.82) is 0 Å². The van der Waals surface area contributed by atoms with Gasteiger partial charge in [0.2, 0.25) is 0 Å². The molecule has 1 heterocycles. The van der Waals surface area contributed by atoms with Crippen molar-refractivity contribution < 1.29 is 0 Å². The van der Waals surface area contributed by atoms with Gasteiger partial charge in [-0.25, -0.2) is 4.98 Å². The maximum Gasteiger partial charge on any atom is 0.114 e. The molecule has 0 saturated heterocycles. The Morgan fingerprint density at radius 2 is 2.28 bits per heavy atom. The Balaban J connectivity index is 2.37. The summed E-state index contributed by atoms with van der Waals surface area (Å²) in [6.45, 7) is 4.99. The predicted molar refractivity (Wildman–Crippen MR) is 81.5 cm³/mol. The molecule has 1 atom stereocenters. The van der Waals surface area contributed by atoms with Crippen molar-refractivity contribution in [2.24, 2.45) is 0 Å². The van der Waals surface area contributed by atoms with Crippen molar-refractivity contribution >= 4 is 38.9 Å². The number of halogens is 2. The van der Waals surface area contributed by atoms with E-state index >= 15 is 0 Å². The number of hydrogen-bond acceptors (Lipinski definition) is 3. The van der Waals surface area contributed by atoms with Crippen LogP contribution in [0.3, 0.4) is 0 Å². The second-order valence-corrected chi connectivity index (χ2v) is 6.14. The maximum absolute atomic E-state index is 6.16. The van der Waals surface area contributed by atoms with Gasteiger partial charge in [0.1, 0.15) is 5.01 Å². The summed E-state index contributed by atoms with van der Waals surface area (Å²) in [4.78, 5) is 4.56. The smallest absolute Gasteiger partial charge is 0.114 e. The van der Waals surface area contributed by atoms with Gasteiger partial charge in [-0.15, -0.1) is 11.3 Å².